The van der Waals surface area contributed by atoms with Crippen LogP contribution in [0, 0.1) is 0 Å². The van der Waals surface area contributed by atoms with Gasteiger partial charge in [-0.05, 0) is 24.3 Å². The van der Waals surface area contributed by atoms with Gasteiger partial charge >= 0.3 is 6.18 Å². The van der Waals surface area contributed by atoms with Crippen LogP contribution in [0.25, 0.3) is 0 Å². The maximum atomic E-state index is 12.8. The smallest absolute Gasteiger partial charge is 0.274 e. The third-order valence-corrected chi connectivity index (χ3v) is 3.27. The molecule has 1 heterocycles. The minimum absolute atomic E-state index is 0.232. The Morgan fingerprint density at radius 3 is 2.26 bits per heavy atom. The Kier molecular flexibility index (Phi) is 4.73. The fraction of sp³-hybridized carbons (Fsp3) is 0.154. The molecule has 0 unspecified atom stereocenters. The van der Waals surface area contributed by atoms with E-state index < -0.39 is 29.2 Å². The highest BCUT2D eigenvalue weighted by Gasteiger charge is 2.39. The maximum absolute atomic E-state index is 12.8. The van der Waals surface area contributed by atoms with Gasteiger partial charge in [-0.2, -0.15) is 18.3 Å². The lowest BCUT2D eigenvalue weighted by Crippen LogP contribution is -2.42. The molecule has 0 spiro atoms. The van der Waals surface area contributed by atoms with E-state index in [0.717, 1.165) is 15.4 Å². The second-order valence-corrected chi connectivity index (χ2v) is 5.39. The molecular weight excluding hydrogens is 381 g/mol. The van der Waals surface area contributed by atoms with Gasteiger partial charge in [-0.3, -0.25) is 25.1 Å². The Morgan fingerprint density at radius 1 is 1.13 bits per heavy atom. The van der Waals surface area contributed by atoms with Crippen LogP contribution in [0.3, 0.4) is 0 Å². The molecule has 122 valence electrons. The van der Waals surface area contributed by atoms with Crippen LogP contribution < -0.4 is 10.9 Å². The molecule has 2 N–H and O–H groups in total. The number of aryl methyl sites for hydroxylation is 1. The molecule has 0 radical (unpaired) electrons. The second kappa shape index (κ2) is 6.41. The van der Waals surface area contributed by atoms with Crippen LogP contribution in [0.1, 0.15) is 26.4 Å². The maximum Gasteiger partial charge on any atom is 0.435 e. The summed E-state index contributed by atoms with van der Waals surface area (Å²) >= 11 is 3.20. The molecule has 10 heteroatoms. The first kappa shape index (κ1) is 17.0. The lowest BCUT2D eigenvalue weighted by Gasteiger charge is -2.08. The van der Waals surface area contributed by atoms with E-state index in [1.807, 2.05) is 10.9 Å². The number of nitrogens with one attached hydrogen (secondary N) is 2. The Morgan fingerprint density at radius 2 is 1.70 bits per heavy atom. The van der Waals surface area contributed by atoms with E-state index in [-0.39, 0.29) is 5.56 Å². The van der Waals surface area contributed by atoms with Crippen molar-refractivity contribution in [3.05, 3.63) is 51.8 Å². The highest BCUT2D eigenvalue weighted by atomic mass is 79.9. The average Bonchev–Trinajstić information content (AvgIpc) is 2.87. The molecule has 1 aromatic heterocycles. The summed E-state index contributed by atoms with van der Waals surface area (Å²) < 4.78 is 40.0. The minimum atomic E-state index is -4.77. The molecule has 2 aromatic rings. The Balaban J connectivity index is 2.08. The van der Waals surface area contributed by atoms with Crippen molar-refractivity contribution in [3.8, 4) is 0 Å². The summed E-state index contributed by atoms with van der Waals surface area (Å²) in [5.41, 5.74) is 2.20. The van der Waals surface area contributed by atoms with E-state index >= 15 is 0 Å². The molecular formula is C13H10BrF3N4O2. The van der Waals surface area contributed by atoms with Gasteiger partial charge in [0.05, 0.1) is 5.56 Å². The molecule has 0 bridgehead atoms. The van der Waals surface area contributed by atoms with Crippen molar-refractivity contribution in [2.45, 2.75) is 6.18 Å². The normalized spacial score (nSPS) is 11.2. The number of benzene rings is 1. The summed E-state index contributed by atoms with van der Waals surface area (Å²) in [4.78, 5) is 23.6. The number of hydrogen-bond acceptors (Lipinski definition) is 3. The number of alkyl halides is 3. The molecule has 23 heavy (non-hydrogen) atoms. The van der Waals surface area contributed by atoms with Crippen LogP contribution in [-0.4, -0.2) is 21.6 Å². The molecule has 0 aliphatic rings. The number of hydrazine groups is 1. The summed E-state index contributed by atoms with van der Waals surface area (Å²) in [6.07, 6.45) is -3.85. The first-order chi connectivity index (χ1) is 10.7. The predicted octanol–water partition coefficient (Wildman–Crippen LogP) is 2.28. The number of nitrogens with zero attached hydrogens (tertiary/aromatic N) is 2. The lowest BCUT2D eigenvalue weighted by molar-refractivity contribution is -0.141. The quantitative estimate of drug-likeness (QED) is 0.772. The largest absolute Gasteiger partial charge is 0.435 e. The minimum Gasteiger partial charge on any atom is -0.274 e. The number of aromatic nitrogens is 2. The van der Waals surface area contributed by atoms with Crippen molar-refractivity contribution in [1.29, 1.82) is 0 Å². The standard InChI is InChI=1S/C13H10BrF3N4O2/c1-21-6-9(10(20-21)13(15,16)17)12(23)19-18-11(22)7-2-4-8(14)5-3-7/h2-6H,1H3,(H,18,22)(H,19,23). The Hall–Kier alpha value is -2.36. The van der Waals surface area contributed by atoms with Gasteiger partial charge in [-0.15, -0.1) is 0 Å². The number of hydrogen-bond donors (Lipinski definition) is 2. The predicted molar refractivity (Wildman–Crippen MR) is 77.3 cm³/mol. The van der Waals surface area contributed by atoms with Gasteiger partial charge in [0, 0.05) is 23.3 Å². The molecule has 0 fully saturated rings. The highest BCUT2D eigenvalue weighted by molar-refractivity contribution is 9.10. The summed E-state index contributed by atoms with van der Waals surface area (Å²) in [5, 5.41) is 3.21. The zero-order valence-electron chi connectivity index (χ0n) is 11.6. The molecule has 6 nitrogen and oxygen atoms in total. The Bertz CT molecular complexity index is 741. The second-order valence-electron chi connectivity index (χ2n) is 4.48. The summed E-state index contributed by atoms with van der Waals surface area (Å²) in [7, 11) is 1.26. The van der Waals surface area contributed by atoms with Gasteiger partial charge in [-0.25, -0.2) is 0 Å². The zero-order chi connectivity index (χ0) is 17.2. The van der Waals surface area contributed by atoms with E-state index in [2.05, 4.69) is 21.0 Å². The molecule has 0 aliphatic heterocycles. The van der Waals surface area contributed by atoms with Crippen molar-refractivity contribution in [2.24, 2.45) is 7.05 Å². The van der Waals surface area contributed by atoms with Crippen molar-refractivity contribution >= 4 is 27.7 Å². The summed E-state index contributed by atoms with van der Waals surface area (Å²) in [5.74, 6) is -1.78. The molecule has 2 amide bonds. The van der Waals surface area contributed by atoms with E-state index in [1.54, 1.807) is 12.1 Å². The van der Waals surface area contributed by atoms with Gasteiger partial charge < -0.3 is 0 Å². The third kappa shape index (κ3) is 4.09. The molecule has 0 atom stereocenters. The zero-order valence-corrected chi connectivity index (χ0v) is 13.2. The van der Waals surface area contributed by atoms with Gasteiger partial charge in [-0.1, -0.05) is 15.9 Å². The average molecular weight is 391 g/mol. The van der Waals surface area contributed by atoms with Crippen molar-refractivity contribution in [2.75, 3.05) is 0 Å². The molecule has 0 saturated heterocycles. The first-order valence-electron chi connectivity index (χ1n) is 6.15. The molecule has 0 aliphatic carbocycles. The van der Waals surface area contributed by atoms with Crippen LogP contribution in [0.15, 0.2) is 34.9 Å². The number of carbonyl (C=O) groups is 2. The molecule has 1 aromatic carbocycles. The summed E-state index contributed by atoms with van der Waals surface area (Å²) in [6, 6.07) is 6.19. The van der Waals surface area contributed by atoms with Gasteiger partial charge in [0.25, 0.3) is 11.8 Å². The lowest BCUT2D eigenvalue weighted by atomic mass is 10.2. The van der Waals surface area contributed by atoms with Crippen LogP contribution in [0.2, 0.25) is 0 Å². The van der Waals surface area contributed by atoms with E-state index in [4.69, 9.17) is 0 Å². The number of carbonyl (C=O) groups excluding carboxylic acids is 2. The first-order valence-corrected chi connectivity index (χ1v) is 6.95. The van der Waals surface area contributed by atoms with E-state index in [1.165, 1.54) is 19.2 Å². The van der Waals surface area contributed by atoms with Crippen LogP contribution in [-0.2, 0) is 13.2 Å². The third-order valence-electron chi connectivity index (χ3n) is 2.74. The van der Waals surface area contributed by atoms with E-state index in [9.17, 15) is 22.8 Å². The van der Waals surface area contributed by atoms with Gasteiger partial charge in [0.15, 0.2) is 5.69 Å². The van der Waals surface area contributed by atoms with Crippen LogP contribution in [0.4, 0.5) is 13.2 Å². The molecule has 2 rings (SSSR count). The highest BCUT2D eigenvalue weighted by Crippen LogP contribution is 2.30. The van der Waals surface area contributed by atoms with Crippen molar-refractivity contribution < 1.29 is 22.8 Å². The number of amides is 2. The van der Waals surface area contributed by atoms with Gasteiger partial charge in [0.2, 0.25) is 0 Å². The van der Waals surface area contributed by atoms with E-state index in [0.29, 0.717) is 0 Å². The van der Waals surface area contributed by atoms with Crippen molar-refractivity contribution in [3.63, 3.8) is 0 Å². The summed E-state index contributed by atoms with van der Waals surface area (Å²) in [6.45, 7) is 0. The van der Waals surface area contributed by atoms with Gasteiger partial charge in [0.1, 0.15) is 0 Å². The fourth-order valence-electron chi connectivity index (χ4n) is 1.72. The monoisotopic (exact) mass is 390 g/mol. The van der Waals surface area contributed by atoms with Crippen LogP contribution in [0.5, 0.6) is 0 Å². The number of halogens is 4. The molecule has 0 saturated carbocycles. The Labute approximate surface area is 136 Å². The van der Waals surface area contributed by atoms with Crippen molar-refractivity contribution in [1.82, 2.24) is 20.6 Å². The fourth-order valence-corrected chi connectivity index (χ4v) is 1.98. The SMILES string of the molecule is Cn1cc(C(=O)NNC(=O)c2ccc(Br)cc2)c(C(F)(F)F)n1. The number of rotatable bonds is 2. The topological polar surface area (TPSA) is 76.0 Å². The van der Waals surface area contributed by atoms with Crippen LogP contribution >= 0.6 is 15.9 Å².